The lowest BCUT2D eigenvalue weighted by Gasteiger charge is -2.21. The van der Waals surface area contributed by atoms with E-state index in [0.29, 0.717) is 6.42 Å². The van der Waals surface area contributed by atoms with Crippen LogP contribution in [0.5, 0.6) is 11.5 Å². The van der Waals surface area contributed by atoms with Crippen molar-refractivity contribution in [1.29, 1.82) is 0 Å². The fourth-order valence-electron chi connectivity index (χ4n) is 4.67. The average Bonchev–Trinajstić information content (AvgIpc) is 3.48. The maximum absolute atomic E-state index is 5.68. The first-order valence-corrected chi connectivity index (χ1v) is 10.1. The molecular weight excluding hydrogens is 384 g/mol. The molecule has 1 aromatic rings. The van der Waals surface area contributed by atoms with Crippen LogP contribution >= 0.6 is 0 Å². The number of hydrogen-bond donors (Lipinski definition) is 0. The summed E-state index contributed by atoms with van der Waals surface area (Å²) in [4.78, 5) is 0. The van der Waals surface area contributed by atoms with E-state index in [2.05, 4.69) is 42.5 Å². The highest BCUT2D eigenvalue weighted by molar-refractivity contribution is 5.70. The summed E-state index contributed by atoms with van der Waals surface area (Å²) in [6, 6.07) is 4.18. The lowest BCUT2D eigenvalue weighted by Crippen LogP contribution is -2.11. The van der Waals surface area contributed by atoms with Gasteiger partial charge in [0.15, 0.2) is 28.8 Å². The van der Waals surface area contributed by atoms with Gasteiger partial charge in [0.2, 0.25) is 20.4 Å². The van der Waals surface area contributed by atoms with Crippen molar-refractivity contribution in [2.45, 2.75) is 12.8 Å². The van der Waals surface area contributed by atoms with E-state index in [-0.39, 0.29) is 26.3 Å². The summed E-state index contributed by atoms with van der Waals surface area (Å²) >= 11 is 0. The van der Waals surface area contributed by atoms with E-state index < -0.39 is 0 Å². The van der Waals surface area contributed by atoms with Crippen molar-refractivity contribution >= 4 is 6.08 Å². The van der Waals surface area contributed by atoms with Gasteiger partial charge < -0.3 is 28.4 Å². The molecule has 0 bridgehead atoms. The van der Waals surface area contributed by atoms with Crippen LogP contribution in [0.1, 0.15) is 17.5 Å². The summed E-state index contributed by atoms with van der Waals surface area (Å²) in [5.74, 6) is 5.07. The molecule has 6 heteroatoms. The highest BCUT2D eigenvalue weighted by Crippen LogP contribution is 2.43. The minimum atomic E-state index is 0.161. The Labute approximate surface area is 173 Å². The highest BCUT2D eigenvalue weighted by Gasteiger charge is 2.31. The van der Waals surface area contributed by atoms with E-state index in [0.717, 1.165) is 52.1 Å². The fourth-order valence-corrected chi connectivity index (χ4v) is 4.67. The van der Waals surface area contributed by atoms with Crippen molar-refractivity contribution in [3.8, 4) is 11.5 Å². The van der Waals surface area contributed by atoms with Crippen LogP contribution in [0.15, 0.2) is 76.2 Å². The van der Waals surface area contributed by atoms with Gasteiger partial charge in [-0.2, -0.15) is 0 Å². The van der Waals surface area contributed by atoms with Gasteiger partial charge in [0.25, 0.3) is 0 Å². The number of fused-ring (bicyclic) bond motifs is 5. The van der Waals surface area contributed by atoms with Gasteiger partial charge in [0, 0.05) is 12.3 Å². The molecule has 0 saturated carbocycles. The molecular formula is C24H18O6. The third-order valence-corrected chi connectivity index (χ3v) is 6.21. The second-order valence-electron chi connectivity index (χ2n) is 7.95. The zero-order valence-electron chi connectivity index (χ0n) is 16.1. The van der Waals surface area contributed by atoms with Crippen LogP contribution in [0.2, 0.25) is 0 Å². The summed E-state index contributed by atoms with van der Waals surface area (Å²) in [5, 5.41) is 0. The average molecular weight is 402 g/mol. The standard InChI is InChI=1S/C24H18O6/c1-13-4-19-21(27-10-25-19)6-15(13)2-17-8-23-24(30-12-29-23)9-18(17)3-16-7-22-20(5-14(1)16)26-11-28-22/h1-2,4-5,7-9,16H,3,6,10-12H2/b14-1-,15-2+. The largest absolute Gasteiger partial charge is 0.458 e. The molecule has 6 aliphatic rings. The van der Waals surface area contributed by atoms with Gasteiger partial charge in [-0.15, -0.1) is 0 Å². The molecule has 1 saturated heterocycles. The quantitative estimate of drug-likeness (QED) is 0.647. The molecule has 3 heterocycles. The lowest BCUT2D eigenvalue weighted by atomic mass is 9.85. The maximum Gasteiger partial charge on any atom is 0.231 e. The van der Waals surface area contributed by atoms with Crippen molar-refractivity contribution in [3.63, 3.8) is 0 Å². The Kier molecular flexibility index (Phi) is 3.25. The van der Waals surface area contributed by atoms with Crippen LogP contribution in [-0.4, -0.2) is 20.4 Å². The maximum atomic E-state index is 5.68. The van der Waals surface area contributed by atoms with Crippen molar-refractivity contribution in [1.82, 2.24) is 0 Å². The van der Waals surface area contributed by atoms with Crippen LogP contribution in [0.25, 0.3) is 6.08 Å². The summed E-state index contributed by atoms with van der Waals surface area (Å²) in [6.07, 6.45) is 12.3. The first-order chi connectivity index (χ1) is 14.8. The lowest BCUT2D eigenvalue weighted by molar-refractivity contribution is 0.0736. The third-order valence-electron chi connectivity index (χ3n) is 6.21. The van der Waals surface area contributed by atoms with E-state index in [1.165, 1.54) is 16.7 Å². The third kappa shape index (κ3) is 2.43. The zero-order valence-corrected chi connectivity index (χ0v) is 16.1. The van der Waals surface area contributed by atoms with Crippen molar-refractivity contribution in [2.24, 2.45) is 5.92 Å². The summed E-state index contributed by atoms with van der Waals surface area (Å²) in [7, 11) is 0. The summed E-state index contributed by atoms with van der Waals surface area (Å²) in [6.45, 7) is 0.803. The number of hydrogen-bond acceptors (Lipinski definition) is 6. The van der Waals surface area contributed by atoms with E-state index in [1.807, 2.05) is 0 Å². The molecule has 1 unspecified atom stereocenters. The second-order valence-corrected chi connectivity index (χ2v) is 7.95. The van der Waals surface area contributed by atoms with E-state index in [4.69, 9.17) is 28.4 Å². The molecule has 3 aliphatic carbocycles. The molecule has 0 spiro atoms. The Bertz CT molecular complexity index is 1180. The van der Waals surface area contributed by atoms with Gasteiger partial charge in [-0.3, -0.25) is 0 Å². The number of rotatable bonds is 0. The molecule has 30 heavy (non-hydrogen) atoms. The molecule has 7 rings (SSSR count). The number of benzene rings is 1. The predicted molar refractivity (Wildman–Crippen MR) is 106 cm³/mol. The molecule has 0 amide bonds. The first-order valence-electron chi connectivity index (χ1n) is 10.1. The van der Waals surface area contributed by atoms with Gasteiger partial charge in [-0.25, -0.2) is 0 Å². The van der Waals surface area contributed by atoms with Crippen LogP contribution in [-0.2, 0) is 25.4 Å². The molecule has 0 radical (unpaired) electrons. The Morgan fingerprint density at radius 3 is 2.53 bits per heavy atom. The van der Waals surface area contributed by atoms with Crippen LogP contribution in [0.3, 0.4) is 0 Å². The topological polar surface area (TPSA) is 55.4 Å². The highest BCUT2D eigenvalue weighted by atomic mass is 16.7. The van der Waals surface area contributed by atoms with Crippen molar-refractivity contribution in [3.05, 3.63) is 87.3 Å². The molecule has 1 fully saturated rings. The molecule has 0 aromatic heterocycles. The van der Waals surface area contributed by atoms with E-state index in [9.17, 15) is 0 Å². The van der Waals surface area contributed by atoms with Crippen LogP contribution in [0, 0.1) is 5.92 Å². The van der Waals surface area contributed by atoms with Crippen molar-refractivity contribution in [2.75, 3.05) is 20.4 Å². The minimum Gasteiger partial charge on any atom is -0.458 e. The molecule has 1 aromatic carbocycles. The normalized spacial score (nSPS) is 28.3. The van der Waals surface area contributed by atoms with E-state index >= 15 is 0 Å². The predicted octanol–water partition coefficient (Wildman–Crippen LogP) is 4.23. The Morgan fingerprint density at radius 1 is 0.733 bits per heavy atom. The van der Waals surface area contributed by atoms with Gasteiger partial charge in [-0.1, -0.05) is 12.2 Å². The molecule has 150 valence electrons. The molecule has 6 nitrogen and oxygen atoms in total. The number of ether oxygens (including phenoxy) is 6. The first kappa shape index (κ1) is 16.3. The SMILES string of the molecule is C1=C2OCOC2=CC2Cc3cc4c(cc3/C=C3\CC5=C(C=C3/C=C/12)OCO5)OCO4. The van der Waals surface area contributed by atoms with Crippen LogP contribution in [0.4, 0.5) is 0 Å². The van der Waals surface area contributed by atoms with Gasteiger partial charge in [0.1, 0.15) is 5.76 Å². The van der Waals surface area contributed by atoms with Crippen LogP contribution < -0.4 is 9.47 Å². The fraction of sp³-hybridized carbons (Fsp3) is 0.250. The smallest absolute Gasteiger partial charge is 0.231 e. The Balaban J connectivity index is 1.44. The minimum absolute atomic E-state index is 0.161. The van der Waals surface area contributed by atoms with Gasteiger partial charge >= 0.3 is 0 Å². The zero-order chi connectivity index (χ0) is 19.7. The Hall–Kier alpha value is -3.54. The molecule has 1 atom stereocenters. The molecule has 3 aliphatic heterocycles. The summed E-state index contributed by atoms with van der Waals surface area (Å²) in [5.41, 5.74) is 5.83. The summed E-state index contributed by atoms with van der Waals surface area (Å²) < 4.78 is 34.0. The monoisotopic (exact) mass is 402 g/mol. The van der Waals surface area contributed by atoms with Crippen molar-refractivity contribution < 1.29 is 28.4 Å². The van der Waals surface area contributed by atoms with E-state index in [1.54, 1.807) is 0 Å². The van der Waals surface area contributed by atoms with Gasteiger partial charge in [-0.05, 0) is 64.6 Å². The number of allylic oxidation sites excluding steroid dienone is 7. The molecule has 0 N–H and O–H groups in total. The van der Waals surface area contributed by atoms with Gasteiger partial charge in [0.05, 0.1) is 0 Å². The second kappa shape index (κ2) is 5.98. The Morgan fingerprint density at radius 2 is 1.57 bits per heavy atom.